The van der Waals surface area contributed by atoms with Gasteiger partial charge in [-0.25, -0.2) is 0 Å². The van der Waals surface area contributed by atoms with E-state index in [1.807, 2.05) is 36.4 Å². The van der Waals surface area contributed by atoms with E-state index in [9.17, 15) is 0 Å². The second-order valence-corrected chi connectivity index (χ2v) is 5.41. The first-order chi connectivity index (χ1) is 10.3. The summed E-state index contributed by atoms with van der Waals surface area (Å²) < 4.78 is 0. The van der Waals surface area contributed by atoms with Gasteiger partial charge in [-0.2, -0.15) is 10.2 Å². The van der Waals surface area contributed by atoms with Crippen LogP contribution < -0.4 is 5.46 Å². The smallest absolute Gasteiger partial charge is 0.151 e. The van der Waals surface area contributed by atoms with Gasteiger partial charge >= 0.3 is 0 Å². The monoisotopic (exact) mass is 272 g/mol. The van der Waals surface area contributed by atoms with Crippen molar-refractivity contribution >= 4 is 34.3 Å². The van der Waals surface area contributed by atoms with Gasteiger partial charge in [0.1, 0.15) is 0 Å². The largest absolute Gasteiger partial charge is 0.172 e. The summed E-state index contributed by atoms with van der Waals surface area (Å²) in [6.45, 7) is 4.79. The third-order valence-electron chi connectivity index (χ3n) is 3.58. The predicted molar refractivity (Wildman–Crippen MR) is 91.7 cm³/mol. The zero-order chi connectivity index (χ0) is 14.7. The molecule has 0 saturated heterocycles. The molecule has 0 heterocycles. The van der Waals surface area contributed by atoms with Gasteiger partial charge in [0, 0.05) is 5.39 Å². The number of hydrogen-bond donors (Lipinski definition) is 0. The lowest BCUT2D eigenvalue weighted by molar-refractivity contribution is 1.25. The Bertz CT molecular complexity index is 780. The molecule has 0 spiro atoms. The number of azo groups is 1. The minimum atomic E-state index is 0.416. The van der Waals surface area contributed by atoms with Gasteiger partial charge in [0.25, 0.3) is 0 Å². The molecule has 21 heavy (non-hydrogen) atoms. The van der Waals surface area contributed by atoms with E-state index >= 15 is 0 Å². The van der Waals surface area contributed by atoms with Crippen LogP contribution in [0.15, 0.2) is 77.0 Å². The molecule has 0 atom stereocenters. The highest BCUT2D eigenvalue weighted by molar-refractivity contribution is 6.72. The fraction of sp³-hybridized carbons (Fsp3) is 0.111. The zero-order valence-electron chi connectivity index (χ0n) is 12.3. The summed E-state index contributed by atoms with van der Waals surface area (Å²) in [5.74, 6) is 0. The first-order valence-electron chi connectivity index (χ1n) is 7.24. The molecular formula is C18H17BN2. The lowest BCUT2D eigenvalue weighted by Crippen LogP contribution is -2.22. The van der Waals surface area contributed by atoms with Crippen LogP contribution >= 0.6 is 0 Å². The number of benzene rings is 3. The molecule has 0 aromatic heterocycles. The minimum Gasteiger partial charge on any atom is -0.151 e. The van der Waals surface area contributed by atoms with Crippen LogP contribution in [0.3, 0.4) is 0 Å². The van der Waals surface area contributed by atoms with Crippen LogP contribution in [0.25, 0.3) is 10.8 Å². The third kappa shape index (κ3) is 2.87. The van der Waals surface area contributed by atoms with Gasteiger partial charge in [0.15, 0.2) is 6.71 Å². The Labute approximate surface area is 125 Å². The molecule has 0 N–H and O–H groups in total. The van der Waals surface area contributed by atoms with E-state index in [1.165, 1.54) is 10.8 Å². The van der Waals surface area contributed by atoms with Crippen LogP contribution in [-0.2, 0) is 0 Å². The summed E-state index contributed by atoms with van der Waals surface area (Å²) in [6, 6.07) is 22.5. The van der Waals surface area contributed by atoms with E-state index in [0.29, 0.717) is 6.71 Å². The van der Waals surface area contributed by atoms with E-state index in [4.69, 9.17) is 0 Å². The topological polar surface area (TPSA) is 24.7 Å². The van der Waals surface area contributed by atoms with Crippen molar-refractivity contribution in [2.24, 2.45) is 10.2 Å². The normalized spacial score (nSPS) is 11.1. The highest BCUT2D eigenvalue weighted by atomic mass is 15.1. The van der Waals surface area contributed by atoms with E-state index in [-0.39, 0.29) is 0 Å². The molecule has 3 aromatic rings. The van der Waals surface area contributed by atoms with Crippen molar-refractivity contribution in [1.82, 2.24) is 0 Å². The molecule has 3 heteroatoms. The number of nitrogens with zero attached hydrogens (tertiary/aromatic N) is 2. The molecular weight excluding hydrogens is 255 g/mol. The number of rotatable bonds is 3. The first kappa shape index (κ1) is 13.6. The lowest BCUT2D eigenvalue weighted by Gasteiger charge is -2.10. The maximum atomic E-state index is 4.55. The first-order valence-corrected chi connectivity index (χ1v) is 7.24. The molecule has 2 nitrogen and oxygen atoms in total. The molecule has 0 aliphatic carbocycles. The van der Waals surface area contributed by atoms with Gasteiger partial charge in [-0.15, -0.1) is 0 Å². The Morgan fingerprint density at radius 3 is 2.19 bits per heavy atom. The molecule has 102 valence electrons. The molecule has 0 amide bonds. The van der Waals surface area contributed by atoms with Crippen molar-refractivity contribution in [1.29, 1.82) is 0 Å². The standard InChI is InChI=1S/C18H17BN2/c1-19(2)17-13-12-14-8-6-7-11-16(14)18(17)21-20-15-9-4-3-5-10-15/h3-13H,1-2H3/b21-20+. The van der Waals surface area contributed by atoms with Gasteiger partial charge in [-0.05, 0) is 17.5 Å². The molecule has 0 bridgehead atoms. The summed E-state index contributed by atoms with van der Waals surface area (Å²) >= 11 is 0. The molecule has 0 fully saturated rings. The van der Waals surface area contributed by atoms with Crippen LogP contribution in [0.1, 0.15) is 0 Å². The highest BCUT2D eigenvalue weighted by Gasteiger charge is 2.12. The molecule has 0 aliphatic heterocycles. The Kier molecular flexibility index (Phi) is 3.82. The molecule has 0 unspecified atom stereocenters. The van der Waals surface area contributed by atoms with Crippen molar-refractivity contribution in [2.45, 2.75) is 13.6 Å². The van der Waals surface area contributed by atoms with Gasteiger partial charge in [-0.1, -0.05) is 73.7 Å². The molecule has 0 saturated carbocycles. The Morgan fingerprint density at radius 2 is 1.43 bits per heavy atom. The average Bonchev–Trinajstić information content (AvgIpc) is 2.53. The van der Waals surface area contributed by atoms with Crippen LogP contribution in [-0.4, -0.2) is 6.71 Å². The SMILES string of the molecule is CB(C)c1ccc2ccccc2c1/N=N/c1ccccc1. The van der Waals surface area contributed by atoms with E-state index in [1.54, 1.807) is 0 Å². The quantitative estimate of drug-likeness (QED) is 0.461. The van der Waals surface area contributed by atoms with Crippen LogP contribution in [0.5, 0.6) is 0 Å². The fourth-order valence-corrected chi connectivity index (χ4v) is 2.45. The predicted octanol–water partition coefficient (Wildman–Crippen LogP) is 5.22. The molecule has 0 aliphatic rings. The fourth-order valence-electron chi connectivity index (χ4n) is 2.45. The van der Waals surface area contributed by atoms with Crippen molar-refractivity contribution in [2.75, 3.05) is 0 Å². The average molecular weight is 272 g/mol. The van der Waals surface area contributed by atoms with Crippen molar-refractivity contribution in [3.8, 4) is 0 Å². The lowest BCUT2D eigenvalue weighted by atomic mass is 9.49. The van der Waals surface area contributed by atoms with E-state index in [0.717, 1.165) is 16.8 Å². The van der Waals surface area contributed by atoms with Crippen molar-refractivity contribution in [3.05, 3.63) is 66.7 Å². The zero-order valence-corrected chi connectivity index (χ0v) is 12.3. The Morgan fingerprint density at radius 1 is 0.714 bits per heavy atom. The maximum Gasteiger partial charge on any atom is 0.172 e. The summed E-state index contributed by atoms with van der Waals surface area (Å²) in [5.41, 5.74) is 3.08. The summed E-state index contributed by atoms with van der Waals surface area (Å²) in [6.07, 6.45) is 0. The maximum absolute atomic E-state index is 4.55. The van der Waals surface area contributed by atoms with Gasteiger partial charge in [-0.3, -0.25) is 0 Å². The number of fused-ring (bicyclic) bond motifs is 1. The molecule has 0 radical (unpaired) electrons. The van der Waals surface area contributed by atoms with Crippen LogP contribution in [0, 0.1) is 0 Å². The molecule has 3 aromatic carbocycles. The Balaban J connectivity index is 2.15. The van der Waals surface area contributed by atoms with Crippen LogP contribution in [0.4, 0.5) is 11.4 Å². The minimum absolute atomic E-state index is 0.416. The van der Waals surface area contributed by atoms with E-state index in [2.05, 4.69) is 54.2 Å². The van der Waals surface area contributed by atoms with Gasteiger partial charge < -0.3 is 0 Å². The second-order valence-electron chi connectivity index (χ2n) is 5.41. The van der Waals surface area contributed by atoms with Crippen LogP contribution in [0.2, 0.25) is 13.6 Å². The number of hydrogen-bond acceptors (Lipinski definition) is 2. The third-order valence-corrected chi connectivity index (χ3v) is 3.58. The summed E-state index contributed by atoms with van der Waals surface area (Å²) in [5, 5.41) is 11.3. The van der Waals surface area contributed by atoms with Crippen molar-refractivity contribution < 1.29 is 0 Å². The summed E-state index contributed by atoms with van der Waals surface area (Å²) in [7, 11) is 0. The van der Waals surface area contributed by atoms with Gasteiger partial charge in [0.2, 0.25) is 0 Å². The second kappa shape index (κ2) is 5.92. The highest BCUT2D eigenvalue weighted by Crippen LogP contribution is 2.26. The van der Waals surface area contributed by atoms with E-state index < -0.39 is 0 Å². The van der Waals surface area contributed by atoms with Gasteiger partial charge in [0.05, 0.1) is 11.4 Å². The molecule has 3 rings (SSSR count). The summed E-state index contributed by atoms with van der Waals surface area (Å²) in [4.78, 5) is 0. The van der Waals surface area contributed by atoms with Crippen molar-refractivity contribution in [3.63, 3.8) is 0 Å². The Hall–Kier alpha value is -2.42.